The Morgan fingerprint density at radius 3 is 2.58 bits per heavy atom. The van der Waals surface area contributed by atoms with E-state index in [0.29, 0.717) is 6.54 Å². The number of benzene rings is 2. The number of carbonyl (C=O) groups excluding carboxylic acids is 1. The molecule has 2 aromatic carbocycles. The highest BCUT2D eigenvalue weighted by atomic mass is 16.7. The lowest BCUT2D eigenvalue weighted by Gasteiger charge is -2.23. The van der Waals surface area contributed by atoms with Crippen LogP contribution < -0.4 is 9.47 Å². The van der Waals surface area contributed by atoms with Gasteiger partial charge in [-0.1, -0.05) is 36.4 Å². The smallest absolute Gasteiger partial charge is 0.231 e. The van der Waals surface area contributed by atoms with Crippen molar-refractivity contribution in [3.05, 3.63) is 59.7 Å². The lowest BCUT2D eigenvalue weighted by atomic mass is 10.1. The molecule has 0 bridgehead atoms. The van der Waals surface area contributed by atoms with Crippen LogP contribution in [0, 0.1) is 5.92 Å². The molecule has 2 aromatic rings. The Labute approximate surface area is 142 Å². The number of carbonyl (C=O) groups is 1. The zero-order valence-electron chi connectivity index (χ0n) is 13.6. The van der Waals surface area contributed by atoms with Gasteiger partial charge in [0.05, 0.1) is 0 Å². The second-order valence-corrected chi connectivity index (χ2v) is 6.46. The van der Waals surface area contributed by atoms with Crippen molar-refractivity contribution in [2.75, 3.05) is 13.3 Å². The van der Waals surface area contributed by atoms with Gasteiger partial charge in [-0.3, -0.25) is 4.79 Å². The number of ether oxygens (including phenoxy) is 2. The maximum absolute atomic E-state index is 12.6. The van der Waals surface area contributed by atoms with Crippen LogP contribution in [0.5, 0.6) is 11.5 Å². The Bertz CT molecular complexity index is 725. The van der Waals surface area contributed by atoms with Crippen LogP contribution in [-0.2, 0) is 17.8 Å². The molecule has 1 saturated carbocycles. The van der Waals surface area contributed by atoms with Crippen LogP contribution in [0.25, 0.3) is 0 Å². The first-order chi connectivity index (χ1) is 11.8. The summed E-state index contributed by atoms with van der Waals surface area (Å²) in [5.74, 6) is 2.07. The first-order valence-corrected chi connectivity index (χ1v) is 8.51. The van der Waals surface area contributed by atoms with Crippen molar-refractivity contribution in [2.45, 2.75) is 25.8 Å². The minimum absolute atomic E-state index is 0.231. The van der Waals surface area contributed by atoms with Gasteiger partial charge >= 0.3 is 0 Å². The van der Waals surface area contributed by atoms with E-state index in [0.717, 1.165) is 42.9 Å². The summed E-state index contributed by atoms with van der Waals surface area (Å²) in [5.41, 5.74) is 2.35. The van der Waals surface area contributed by atoms with Gasteiger partial charge in [-0.2, -0.15) is 0 Å². The van der Waals surface area contributed by atoms with Gasteiger partial charge in [0, 0.05) is 19.0 Å². The molecule has 1 amide bonds. The Hall–Kier alpha value is -2.49. The normalized spacial score (nSPS) is 15.3. The molecule has 0 aromatic heterocycles. The fourth-order valence-electron chi connectivity index (χ4n) is 3.02. The standard InChI is InChI=1S/C20H21NO3/c22-20(17-7-8-17)21(11-10-15-4-2-1-3-5-15)13-16-6-9-18-19(12-16)24-14-23-18/h1-6,9,12,17H,7-8,10-11,13-14H2. The van der Waals surface area contributed by atoms with Gasteiger partial charge in [-0.15, -0.1) is 0 Å². The molecule has 0 N–H and O–H groups in total. The van der Waals surface area contributed by atoms with Crippen molar-refractivity contribution in [3.63, 3.8) is 0 Å². The van der Waals surface area contributed by atoms with Crippen LogP contribution in [-0.4, -0.2) is 24.1 Å². The summed E-state index contributed by atoms with van der Waals surface area (Å²) in [5, 5.41) is 0. The van der Waals surface area contributed by atoms with Crippen molar-refractivity contribution in [3.8, 4) is 11.5 Å². The molecule has 124 valence electrons. The predicted octanol–water partition coefficient (Wildman–Crippen LogP) is 3.40. The molecular weight excluding hydrogens is 302 g/mol. The van der Waals surface area contributed by atoms with E-state index in [1.165, 1.54) is 5.56 Å². The van der Waals surface area contributed by atoms with E-state index in [-0.39, 0.29) is 18.6 Å². The third-order valence-electron chi connectivity index (χ3n) is 4.56. The number of hydrogen-bond donors (Lipinski definition) is 0. The highest BCUT2D eigenvalue weighted by Crippen LogP contribution is 2.34. The highest BCUT2D eigenvalue weighted by molar-refractivity contribution is 5.81. The van der Waals surface area contributed by atoms with Gasteiger partial charge in [0.2, 0.25) is 12.7 Å². The molecular formula is C20H21NO3. The maximum Gasteiger partial charge on any atom is 0.231 e. The molecule has 0 saturated heterocycles. The van der Waals surface area contributed by atoms with E-state index in [1.807, 2.05) is 41.3 Å². The molecule has 0 spiro atoms. The minimum atomic E-state index is 0.231. The summed E-state index contributed by atoms with van der Waals surface area (Å²) >= 11 is 0. The molecule has 1 heterocycles. The van der Waals surface area contributed by atoms with Crippen LogP contribution in [0.15, 0.2) is 48.5 Å². The minimum Gasteiger partial charge on any atom is -0.454 e. The maximum atomic E-state index is 12.6. The third kappa shape index (κ3) is 3.37. The van der Waals surface area contributed by atoms with E-state index in [2.05, 4.69) is 12.1 Å². The quantitative estimate of drug-likeness (QED) is 0.818. The summed E-state index contributed by atoms with van der Waals surface area (Å²) < 4.78 is 10.8. The zero-order chi connectivity index (χ0) is 16.4. The predicted molar refractivity (Wildman–Crippen MR) is 90.9 cm³/mol. The van der Waals surface area contributed by atoms with Crippen LogP contribution in [0.3, 0.4) is 0 Å². The monoisotopic (exact) mass is 323 g/mol. The van der Waals surface area contributed by atoms with Gasteiger partial charge in [-0.25, -0.2) is 0 Å². The van der Waals surface area contributed by atoms with E-state index < -0.39 is 0 Å². The van der Waals surface area contributed by atoms with Crippen molar-refractivity contribution in [1.82, 2.24) is 4.90 Å². The Morgan fingerprint density at radius 1 is 1.00 bits per heavy atom. The van der Waals surface area contributed by atoms with Crippen molar-refractivity contribution >= 4 is 5.91 Å². The number of fused-ring (bicyclic) bond motifs is 1. The summed E-state index contributed by atoms with van der Waals surface area (Å²) in [6.07, 6.45) is 2.94. The molecule has 4 heteroatoms. The Kier molecular flexibility index (Phi) is 4.11. The number of nitrogens with zero attached hydrogens (tertiary/aromatic N) is 1. The van der Waals surface area contributed by atoms with Gasteiger partial charge < -0.3 is 14.4 Å². The molecule has 1 fully saturated rings. The van der Waals surface area contributed by atoms with Crippen LogP contribution in [0.2, 0.25) is 0 Å². The average Bonchev–Trinajstić information content (AvgIpc) is 3.37. The molecule has 1 aliphatic heterocycles. The fourth-order valence-corrected chi connectivity index (χ4v) is 3.02. The lowest BCUT2D eigenvalue weighted by Crippen LogP contribution is -2.33. The summed E-state index contributed by atoms with van der Waals surface area (Å²) in [6, 6.07) is 16.3. The molecule has 0 radical (unpaired) electrons. The Morgan fingerprint density at radius 2 is 1.79 bits per heavy atom. The number of rotatable bonds is 6. The van der Waals surface area contributed by atoms with Crippen LogP contribution >= 0.6 is 0 Å². The summed E-state index contributed by atoms with van der Waals surface area (Å²) in [4.78, 5) is 14.6. The van der Waals surface area contributed by atoms with E-state index in [4.69, 9.17) is 9.47 Å². The Balaban J connectivity index is 1.46. The number of amides is 1. The van der Waals surface area contributed by atoms with Gasteiger partial charge in [0.1, 0.15) is 0 Å². The summed E-state index contributed by atoms with van der Waals surface area (Å²) in [7, 11) is 0. The average molecular weight is 323 g/mol. The second-order valence-electron chi connectivity index (χ2n) is 6.46. The van der Waals surface area contributed by atoms with E-state index in [9.17, 15) is 4.79 Å². The molecule has 24 heavy (non-hydrogen) atoms. The largest absolute Gasteiger partial charge is 0.454 e. The van der Waals surface area contributed by atoms with Crippen molar-refractivity contribution in [1.29, 1.82) is 0 Å². The van der Waals surface area contributed by atoms with Crippen LogP contribution in [0.1, 0.15) is 24.0 Å². The molecule has 4 rings (SSSR count). The first kappa shape index (κ1) is 15.1. The molecule has 0 unspecified atom stereocenters. The number of hydrogen-bond acceptors (Lipinski definition) is 3. The van der Waals surface area contributed by atoms with Crippen molar-refractivity contribution in [2.24, 2.45) is 5.92 Å². The SMILES string of the molecule is O=C(C1CC1)N(CCc1ccccc1)Cc1ccc2c(c1)OCO2. The molecule has 1 aliphatic carbocycles. The van der Waals surface area contributed by atoms with Crippen molar-refractivity contribution < 1.29 is 14.3 Å². The van der Waals surface area contributed by atoms with E-state index >= 15 is 0 Å². The van der Waals surface area contributed by atoms with Gasteiger partial charge in [0.15, 0.2) is 11.5 Å². The zero-order valence-corrected chi connectivity index (χ0v) is 13.6. The molecule has 4 nitrogen and oxygen atoms in total. The third-order valence-corrected chi connectivity index (χ3v) is 4.56. The van der Waals surface area contributed by atoms with E-state index in [1.54, 1.807) is 0 Å². The van der Waals surface area contributed by atoms with Crippen LogP contribution in [0.4, 0.5) is 0 Å². The fraction of sp³-hybridized carbons (Fsp3) is 0.350. The second kappa shape index (κ2) is 6.56. The molecule has 0 atom stereocenters. The topological polar surface area (TPSA) is 38.8 Å². The van der Waals surface area contributed by atoms with Gasteiger partial charge in [-0.05, 0) is 42.5 Å². The highest BCUT2D eigenvalue weighted by Gasteiger charge is 2.33. The summed E-state index contributed by atoms with van der Waals surface area (Å²) in [6.45, 7) is 1.64. The first-order valence-electron chi connectivity index (χ1n) is 8.51. The van der Waals surface area contributed by atoms with Gasteiger partial charge in [0.25, 0.3) is 0 Å². The lowest BCUT2D eigenvalue weighted by molar-refractivity contribution is -0.133. The molecule has 2 aliphatic rings.